The van der Waals surface area contributed by atoms with Crippen molar-refractivity contribution in [1.29, 1.82) is 0 Å². The van der Waals surface area contributed by atoms with Crippen molar-refractivity contribution in [3.8, 4) is 0 Å². The summed E-state index contributed by atoms with van der Waals surface area (Å²) in [6, 6.07) is 14.4. The maximum absolute atomic E-state index is 12.5. The Kier molecular flexibility index (Phi) is 5.35. The average Bonchev–Trinajstić information content (AvgIpc) is 3.32. The number of Topliss-reactive ketones (excluding diaryl/α,β-unsaturated/α-hetero) is 1. The van der Waals surface area contributed by atoms with Gasteiger partial charge in [-0.1, -0.05) is 30.3 Å². The topological polar surface area (TPSA) is 92.8 Å². The highest BCUT2D eigenvalue weighted by Gasteiger charge is 2.38. The first-order valence-corrected chi connectivity index (χ1v) is 9.89. The van der Waals surface area contributed by atoms with Crippen molar-refractivity contribution in [2.75, 3.05) is 18.5 Å². The van der Waals surface area contributed by atoms with Gasteiger partial charge in [0, 0.05) is 24.2 Å². The first-order valence-electron chi connectivity index (χ1n) is 9.89. The molecule has 0 bridgehead atoms. The van der Waals surface area contributed by atoms with E-state index < -0.39 is 18.5 Å². The molecule has 2 amide bonds. The fourth-order valence-electron chi connectivity index (χ4n) is 3.92. The van der Waals surface area contributed by atoms with Crippen molar-refractivity contribution in [3.63, 3.8) is 0 Å². The van der Waals surface area contributed by atoms with Crippen molar-refractivity contribution in [1.82, 2.24) is 4.90 Å². The second kappa shape index (κ2) is 8.10. The van der Waals surface area contributed by atoms with Gasteiger partial charge in [0.2, 0.25) is 11.8 Å². The van der Waals surface area contributed by atoms with Gasteiger partial charge in [0.1, 0.15) is 0 Å². The fraction of sp³-hybridized carbons (Fsp3) is 0.304. The molecule has 1 fully saturated rings. The largest absolute Gasteiger partial charge is 0.457 e. The summed E-state index contributed by atoms with van der Waals surface area (Å²) in [5.74, 6) is -1.68. The predicted molar refractivity (Wildman–Crippen MR) is 109 cm³/mol. The van der Waals surface area contributed by atoms with E-state index in [4.69, 9.17) is 4.74 Å². The highest BCUT2D eigenvalue weighted by molar-refractivity contribution is 6.03. The van der Waals surface area contributed by atoms with Crippen molar-refractivity contribution in [2.24, 2.45) is 5.92 Å². The third-order valence-corrected chi connectivity index (χ3v) is 5.64. The van der Waals surface area contributed by atoms with Crippen LogP contribution in [0, 0.1) is 5.92 Å². The number of esters is 1. The number of amides is 2. The van der Waals surface area contributed by atoms with Crippen molar-refractivity contribution in [3.05, 3.63) is 65.2 Å². The molecule has 0 aliphatic carbocycles. The molecule has 2 aromatic carbocycles. The number of anilines is 1. The van der Waals surface area contributed by atoms with Gasteiger partial charge in [-0.05, 0) is 36.2 Å². The van der Waals surface area contributed by atoms with E-state index in [0.29, 0.717) is 11.3 Å². The van der Waals surface area contributed by atoms with Crippen LogP contribution in [0.15, 0.2) is 48.5 Å². The van der Waals surface area contributed by atoms with Crippen LogP contribution in [0.2, 0.25) is 0 Å². The predicted octanol–water partition coefficient (Wildman–Crippen LogP) is 2.52. The number of benzene rings is 2. The molecule has 1 saturated heterocycles. The molecule has 0 aromatic heterocycles. The van der Waals surface area contributed by atoms with Crippen LogP contribution in [0.4, 0.5) is 5.69 Å². The zero-order valence-corrected chi connectivity index (χ0v) is 16.6. The SMILES string of the molecule is C[C@@H](c1ccccc1)N1C[C@H](C(=O)OCC(=O)c2ccc3c(c2)CC(=O)N3)CC1=O. The molecule has 2 heterocycles. The Morgan fingerprint density at radius 1 is 1.17 bits per heavy atom. The summed E-state index contributed by atoms with van der Waals surface area (Å²) in [5.41, 5.74) is 2.84. The molecule has 4 rings (SSSR count). The molecular formula is C23H22N2O5. The number of likely N-dealkylation sites (tertiary alicyclic amines) is 1. The minimum Gasteiger partial charge on any atom is -0.457 e. The van der Waals surface area contributed by atoms with E-state index in [1.165, 1.54) is 0 Å². The number of fused-ring (bicyclic) bond motifs is 1. The Morgan fingerprint density at radius 2 is 1.93 bits per heavy atom. The van der Waals surface area contributed by atoms with Gasteiger partial charge in [0.25, 0.3) is 0 Å². The molecule has 0 radical (unpaired) electrons. The quantitative estimate of drug-likeness (QED) is 0.588. The zero-order valence-electron chi connectivity index (χ0n) is 16.6. The van der Waals surface area contributed by atoms with Crippen molar-refractivity contribution < 1.29 is 23.9 Å². The van der Waals surface area contributed by atoms with Crippen LogP contribution in [0.3, 0.4) is 0 Å². The van der Waals surface area contributed by atoms with Crippen LogP contribution in [0.25, 0.3) is 0 Å². The number of carbonyl (C=O) groups is 4. The number of nitrogens with zero attached hydrogens (tertiary/aromatic N) is 1. The van der Waals surface area contributed by atoms with Gasteiger partial charge >= 0.3 is 5.97 Å². The van der Waals surface area contributed by atoms with E-state index in [1.54, 1.807) is 23.1 Å². The van der Waals surface area contributed by atoms with E-state index in [9.17, 15) is 19.2 Å². The second-order valence-corrected chi connectivity index (χ2v) is 7.66. The maximum atomic E-state index is 12.5. The summed E-state index contributed by atoms with van der Waals surface area (Å²) in [7, 11) is 0. The van der Waals surface area contributed by atoms with Gasteiger partial charge in [-0.3, -0.25) is 19.2 Å². The monoisotopic (exact) mass is 406 g/mol. The van der Waals surface area contributed by atoms with Crippen LogP contribution in [0.1, 0.15) is 40.9 Å². The van der Waals surface area contributed by atoms with Gasteiger partial charge < -0.3 is 15.0 Å². The van der Waals surface area contributed by atoms with Crippen molar-refractivity contribution in [2.45, 2.75) is 25.8 Å². The number of hydrogen-bond acceptors (Lipinski definition) is 5. The average molecular weight is 406 g/mol. The minimum atomic E-state index is -0.585. The van der Waals surface area contributed by atoms with Gasteiger partial charge in [0.15, 0.2) is 12.4 Å². The molecule has 2 aliphatic heterocycles. The Morgan fingerprint density at radius 3 is 2.70 bits per heavy atom. The van der Waals surface area contributed by atoms with Crippen molar-refractivity contribution >= 4 is 29.3 Å². The van der Waals surface area contributed by atoms with Crippen LogP contribution >= 0.6 is 0 Å². The Balaban J connectivity index is 1.33. The first-order chi connectivity index (χ1) is 14.4. The van der Waals surface area contributed by atoms with Crippen LogP contribution in [-0.4, -0.2) is 41.6 Å². The van der Waals surface area contributed by atoms with Gasteiger partial charge in [-0.15, -0.1) is 0 Å². The Labute approximate surface area is 174 Å². The summed E-state index contributed by atoms with van der Waals surface area (Å²) in [6.07, 6.45) is 0.312. The molecule has 1 N–H and O–H groups in total. The zero-order chi connectivity index (χ0) is 21.3. The molecule has 30 heavy (non-hydrogen) atoms. The minimum absolute atomic E-state index is 0.0802. The lowest BCUT2D eigenvalue weighted by Crippen LogP contribution is -2.30. The fourth-order valence-corrected chi connectivity index (χ4v) is 3.92. The summed E-state index contributed by atoms with van der Waals surface area (Å²) in [4.78, 5) is 50.4. The second-order valence-electron chi connectivity index (χ2n) is 7.66. The van der Waals surface area contributed by atoms with Crippen LogP contribution in [-0.2, 0) is 25.5 Å². The molecule has 0 unspecified atom stereocenters. The molecule has 7 heteroatoms. The summed E-state index contributed by atoms with van der Waals surface area (Å²) in [5, 5.41) is 2.71. The molecule has 2 aromatic rings. The molecule has 7 nitrogen and oxygen atoms in total. The van der Waals surface area contributed by atoms with Gasteiger partial charge in [0.05, 0.1) is 18.4 Å². The number of hydrogen-bond donors (Lipinski definition) is 1. The lowest BCUT2D eigenvalue weighted by Gasteiger charge is -2.25. The van der Waals surface area contributed by atoms with E-state index in [0.717, 1.165) is 11.1 Å². The van der Waals surface area contributed by atoms with E-state index in [1.807, 2.05) is 37.3 Å². The standard InChI is InChI=1S/C23H22N2O5/c1-14(15-5-3-2-4-6-15)25-12-18(11-22(25)28)23(29)30-13-20(26)16-7-8-19-17(9-16)10-21(27)24-19/h2-9,14,18H,10-13H2,1H3,(H,24,27)/t14-,18+/m0/s1. The normalized spacial score (nSPS) is 18.7. The summed E-state index contributed by atoms with van der Waals surface area (Å²) in [6.45, 7) is 1.81. The molecule has 2 aliphatic rings. The highest BCUT2D eigenvalue weighted by atomic mass is 16.5. The number of nitrogens with one attached hydrogen (secondary N) is 1. The molecule has 154 valence electrons. The third kappa shape index (κ3) is 3.96. The molecule has 0 spiro atoms. The van der Waals surface area contributed by atoms with E-state index >= 15 is 0 Å². The van der Waals surface area contributed by atoms with E-state index in [2.05, 4.69) is 5.32 Å². The number of ether oxygens (including phenoxy) is 1. The summed E-state index contributed by atoms with van der Waals surface area (Å²) >= 11 is 0. The third-order valence-electron chi connectivity index (χ3n) is 5.64. The highest BCUT2D eigenvalue weighted by Crippen LogP contribution is 2.29. The summed E-state index contributed by atoms with van der Waals surface area (Å²) < 4.78 is 5.21. The first kappa shape index (κ1) is 19.8. The number of ketones is 1. The lowest BCUT2D eigenvalue weighted by molar-refractivity contribution is -0.147. The Hall–Kier alpha value is -3.48. The smallest absolute Gasteiger partial charge is 0.311 e. The lowest BCUT2D eigenvalue weighted by atomic mass is 10.1. The van der Waals surface area contributed by atoms with E-state index in [-0.39, 0.29) is 43.0 Å². The van der Waals surface area contributed by atoms with Crippen LogP contribution < -0.4 is 5.32 Å². The molecule has 2 atom stereocenters. The van der Waals surface area contributed by atoms with Crippen LogP contribution in [0.5, 0.6) is 0 Å². The maximum Gasteiger partial charge on any atom is 0.311 e. The number of rotatable bonds is 6. The molecule has 0 saturated carbocycles. The Bertz CT molecular complexity index is 1020. The number of carbonyl (C=O) groups excluding carboxylic acids is 4. The van der Waals surface area contributed by atoms with Gasteiger partial charge in [-0.2, -0.15) is 0 Å². The molecular weight excluding hydrogens is 384 g/mol. The van der Waals surface area contributed by atoms with Gasteiger partial charge in [-0.25, -0.2) is 0 Å².